The van der Waals surface area contributed by atoms with Crippen LogP contribution in [0.25, 0.3) is 0 Å². The number of primary amides is 1. The summed E-state index contributed by atoms with van der Waals surface area (Å²) in [6, 6.07) is -0.758. The van der Waals surface area contributed by atoms with E-state index in [0.717, 1.165) is 0 Å². The number of amides is 1. The number of likely N-dealkylation sites (N-methyl/N-ethyl adjacent to an activating group) is 1. The van der Waals surface area contributed by atoms with Gasteiger partial charge in [-0.3, -0.25) is 14.5 Å². The molecule has 2 aliphatic rings. The van der Waals surface area contributed by atoms with E-state index in [-0.39, 0.29) is 12.2 Å². The molecule has 20 heavy (non-hydrogen) atoms. The molecule has 4 atom stereocenters. The number of rotatable bonds is 2. The van der Waals surface area contributed by atoms with E-state index in [2.05, 4.69) is 0 Å². The molecule has 1 amide bonds. The summed E-state index contributed by atoms with van der Waals surface area (Å²) in [6.45, 7) is 0. The molecule has 5 N–H and O–H groups in total. The molecule has 0 fully saturated rings. The molecule has 0 radical (unpaired) electrons. The summed E-state index contributed by atoms with van der Waals surface area (Å²) >= 11 is 0. The SMILES string of the molecule is CN(C)C1C(O)=C(C(N)=O)C(=O)C2C(O)=CCC(O)C21. The number of nitrogens with two attached hydrogens (primary N) is 1. The Hall–Kier alpha value is -1.86. The summed E-state index contributed by atoms with van der Waals surface area (Å²) in [5.74, 6) is -4.18. The third kappa shape index (κ3) is 1.99. The van der Waals surface area contributed by atoms with Crippen molar-refractivity contribution in [1.82, 2.24) is 4.90 Å². The lowest BCUT2D eigenvalue weighted by molar-refractivity contribution is -0.129. The highest BCUT2D eigenvalue weighted by Gasteiger charge is 2.52. The van der Waals surface area contributed by atoms with E-state index < -0.39 is 47.0 Å². The number of carbonyl (C=O) groups is 2. The maximum Gasteiger partial charge on any atom is 0.255 e. The molecule has 0 aromatic rings. The Morgan fingerprint density at radius 3 is 2.50 bits per heavy atom. The van der Waals surface area contributed by atoms with Crippen LogP contribution in [0.3, 0.4) is 0 Å². The fraction of sp³-hybridized carbons (Fsp3) is 0.538. The molecule has 4 unspecified atom stereocenters. The third-order valence-corrected chi connectivity index (χ3v) is 3.95. The molecule has 7 nitrogen and oxygen atoms in total. The van der Waals surface area contributed by atoms with E-state index in [0.29, 0.717) is 0 Å². The molecule has 0 aromatic carbocycles. The zero-order chi connectivity index (χ0) is 15.2. The van der Waals surface area contributed by atoms with Crippen LogP contribution in [-0.2, 0) is 9.59 Å². The Morgan fingerprint density at radius 2 is 2.00 bits per heavy atom. The Bertz CT molecular complexity index is 523. The summed E-state index contributed by atoms with van der Waals surface area (Å²) in [6.07, 6.45) is 0.644. The Kier molecular flexibility index (Phi) is 3.58. The minimum atomic E-state index is -1.05. The maximum absolute atomic E-state index is 12.3. The Labute approximate surface area is 116 Å². The standard InChI is InChI=1S/C13H18N2O5/c1-15(2)10-7-5(16)3-4-6(17)8(7)11(18)9(12(10)19)13(14)20/h4-5,7-8,10,16-17,19H,3H2,1-2H3,(H2,14,20). The first-order valence-electron chi connectivity index (χ1n) is 6.28. The molecule has 0 heterocycles. The molecule has 110 valence electrons. The number of hydrogen-bond acceptors (Lipinski definition) is 6. The van der Waals surface area contributed by atoms with Crippen molar-refractivity contribution in [3.8, 4) is 0 Å². The van der Waals surface area contributed by atoms with Crippen LogP contribution in [0.2, 0.25) is 0 Å². The van der Waals surface area contributed by atoms with Gasteiger partial charge in [0.1, 0.15) is 11.3 Å². The number of hydrogen-bond donors (Lipinski definition) is 4. The maximum atomic E-state index is 12.3. The molecule has 2 rings (SSSR count). The van der Waals surface area contributed by atoms with Crippen LogP contribution in [-0.4, -0.2) is 58.2 Å². The van der Waals surface area contributed by atoms with Gasteiger partial charge in [0.2, 0.25) is 0 Å². The Morgan fingerprint density at radius 1 is 1.40 bits per heavy atom. The number of Topliss-reactive ketones (excluding diaryl/α,β-unsaturated/α-hetero) is 1. The molecule has 0 spiro atoms. The lowest BCUT2D eigenvalue weighted by Crippen LogP contribution is -2.55. The van der Waals surface area contributed by atoms with Crippen LogP contribution < -0.4 is 5.73 Å². The number of carbonyl (C=O) groups excluding carboxylic acids is 2. The van der Waals surface area contributed by atoms with Gasteiger partial charge in [0.15, 0.2) is 5.78 Å². The molecule has 0 saturated heterocycles. The van der Waals surface area contributed by atoms with Crippen LogP contribution in [0.5, 0.6) is 0 Å². The molecule has 7 heteroatoms. The predicted molar refractivity (Wildman–Crippen MR) is 69.6 cm³/mol. The fourth-order valence-corrected chi connectivity index (χ4v) is 3.10. The predicted octanol–water partition coefficient (Wildman–Crippen LogP) is -0.764. The lowest BCUT2D eigenvalue weighted by atomic mass is 9.67. The first-order valence-corrected chi connectivity index (χ1v) is 6.28. The van der Waals surface area contributed by atoms with Crippen molar-refractivity contribution in [1.29, 1.82) is 0 Å². The van der Waals surface area contributed by atoms with Crippen LogP contribution in [0.15, 0.2) is 23.2 Å². The van der Waals surface area contributed by atoms with Crippen LogP contribution >= 0.6 is 0 Å². The minimum Gasteiger partial charge on any atom is -0.512 e. The summed E-state index contributed by atoms with van der Waals surface area (Å²) in [5, 5.41) is 30.2. The van der Waals surface area contributed by atoms with Crippen molar-refractivity contribution in [2.24, 2.45) is 17.6 Å². The second-order valence-electron chi connectivity index (χ2n) is 5.38. The average Bonchev–Trinajstić information content (AvgIpc) is 2.32. The van der Waals surface area contributed by atoms with Crippen molar-refractivity contribution in [3.63, 3.8) is 0 Å². The molecule has 0 bridgehead atoms. The van der Waals surface area contributed by atoms with Gasteiger partial charge < -0.3 is 21.1 Å². The average molecular weight is 282 g/mol. The van der Waals surface area contributed by atoms with Gasteiger partial charge in [0.25, 0.3) is 5.91 Å². The molecule has 2 aliphatic carbocycles. The van der Waals surface area contributed by atoms with Gasteiger partial charge >= 0.3 is 0 Å². The summed E-state index contributed by atoms with van der Waals surface area (Å²) in [4.78, 5) is 25.3. The number of aliphatic hydroxyl groups is 3. The summed E-state index contributed by atoms with van der Waals surface area (Å²) < 4.78 is 0. The van der Waals surface area contributed by atoms with Crippen molar-refractivity contribution >= 4 is 11.7 Å². The van der Waals surface area contributed by atoms with Crippen LogP contribution in [0.1, 0.15) is 6.42 Å². The second kappa shape index (κ2) is 4.92. The highest BCUT2D eigenvalue weighted by Crippen LogP contribution is 2.41. The molecular weight excluding hydrogens is 264 g/mol. The first-order chi connectivity index (χ1) is 9.27. The van der Waals surface area contributed by atoms with E-state index in [1.54, 1.807) is 19.0 Å². The number of allylic oxidation sites excluding steroid dienone is 1. The first kappa shape index (κ1) is 14.5. The normalized spacial score (nSPS) is 34.0. The van der Waals surface area contributed by atoms with E-state index in [9.17, 15) is 24.9 Å². The summed E-state index contributed by atoms with van der Waals surface area (Å²) in [5.41, 5.74) is 4.65. The van der Waals surface area contributed by atoms with Gasteiger partial charge in [-0.25, -0.2) is 0 Å². The van der Waals surface area contributed by atoms with Gasteiger partial charge in [-0.15, -0.1) is 0 Å². The second-order valence-corrected chi connectivity index (χ2v) is 5.38. The quantitative estimate of drug-likeness (QED) is 0.493. The monoisotopic (exact) mass is 282 g/mol. The highest BCUT2D eigenvalue weighted by molar-refractivity contribution is 6.21. The molecule has 0 aliphatic heterocycles. The largest absolute Gasteiger partial charge is 0.512 e. The van der Waals surface area contributed by atoms with E-state index >= 15 is 0 Å². The van der Waals surface area contributed by atoms with Gasteiger partial charge in [-0.2, -0.15) is 0 Å². The van der Waals surface area contributed by atoms with Gasteiger partial charge in [0, 0.05) is 5.92 Å². The van der Waals surface area contributed by atoms with Gasteiger partial charge in [-0.05, 0) is 26.6 Å². The zero-order valence-corrected chi connectivity index (χ0v) is 11.3. The van der Waals surface area contributed by atoms with Gasteiger partial charge in [-0.1, -0.05) is 0 Å². The fourth-order valence-electron chi connectivity index (χ4n) is 3.10. The smallest absolute Gasteiger partial charge is 0.255 e. The van der Waals surface area contributed by atoms with Crippen molar-refractivity contribution in [2.75, 3.05) is 14.1 Å². The van der Waals surface area contributed by atoms with Crippen molar-refractivity contribution < 1.29 is 24.9 Å². The van der Waals surface area contributed by atoms with E-state index in [1.807, 2.05) is 0 Å². The topological polar surface area (TPSA) is 124 Å². The molecular formula is C13H18N2O5. The van der Waals surface area contributed by atoms with Gasteiger partial charge in [0.05, 0.1) is 23.8 Å². The van der Waals surface area contributed by atoms with Crippen molar-refractivity contribution in [2.45, 2.75) is 18.6 Å². The summed E-state index contributed by atoms with van der Waals surface area (Å²) in [7, 11) is 3.29. The van der Waals surface area contributed by atoms with Crippen LogP contribution in [0.4, 0.5) is 0 Å². The van der Waals surface area contributed by atoms with Crippen molar-refractivity contribution in [3.05, 3.63) is 23.2 Å². The minimum absolute atomic E-state index is 0.184. The number of aliphatic hydroxyl groups excluding tert-OH is 3. The van der Waals surface area contributed by atoms with E-state index in [4.69, 9.17) is 5.73 Å². The third-order valence-electron chi connectivity index (χ3n) is 3.95. The molecule has 0 aromatic heterocycles. The van der Waals surface area contributed by atoms with Crippen LogP contribution in [0, 0.1) is 11.8 Å². The zero-order valence-electron chi connectivity index (χ0n) is 11.3. The number of ketones is 1. The number of fused-ring (bicyclic) bond motifs is 1. The van der Waals surface area contributed by atoms with E-state index in [1.165, 1.54) is 6.08 Å². The highest BCUT2D eigenvalue weighted by atomic mass is 16.3. The lowest BCUT2D eigenvalue weighted by Gasteiger charge is -2.43. The number of nitrogens with zero attached hydrogens (tertiary/aromatic N) is 1. The Balaban J connectivity index is 2.64. The molecule has 0 saturated carbocycles.